The first-order valence-electron chi connectivity index (χ1n) is 15.9. The van der Waals surface area contributed by atoms with Crippen molar-refractivity contribution < 1.29 is 14.6 Å². The van der Waals surface area contributed by atoms with Gasteiger partial charge in [-0.3, -0.25) is 9.59 Å². The number of aromatic hydroxyl groups is 1. The summed E-state index contributed by atoms with van der Waals surface area (Å²) in [5.41, 5.74) is 6.81. The number of carbonyl (C=O) groups is 1. The second-order valence-electron chi connectivity index (χ2n) is 11.9. The summed E-state index contributed by atoms with van der Waals surface area (Å²) in [6, 6.07) is 40.5. The van der Waals surface area contributed by atoms with E-state index in [4.69, 9.17) is 4.74 Å². The summed E-state index contributed by atoms with van der Waals surface area (Å²) in [5.74, 6) is -0.164. The summed E-state index contributed by atoms with van der Waals surface area (Å²) in [5, 5.41) is 16.5. The van der Waals surface area contributed by atoms with E-state index in [1.165, 1.54) is 0 Å². The lowest BCUT2D eigenvalue weighted by Crippen LogP contribution is -2.27. The summed E-state index contributed by atoms with van der Waals surface area (Å²) >= 11 is 0. The van der Waals surface area contributed by atoms with Crippen LogP contribution in [-0.4, -0.2) is 34.2 Å². The largest absolute Gasteiger partial charge is 0.507 e. The number of hydrogen-bond acceptors (Lipinski definition) is 4. The lowest BCUT2D eigenvalue weighted by molar-refractivity contribution is 0.0954. The summed E-state index contributed by atoms with van der Waals surface area (Å²) < 4.78 is 7.02. The number of methoxy groups -OCH3 is 1. The molecule has 0 bridgehead atoms. The zero-order valence-corrected chi connectivity index (χ0v) is 26.7. The molecule has 7 aromatic rings. The summed E-state index contributed by atoms with van der Waals surface area (Å²) in [6.45, 7) is 0.366. The fourth-order valence-electron chi connectivity index (χ4n) is 6.62. The third-order valence-electron chi connectivity index (χ3n) is 9.10. The van der Waals surface area contributed by atoms with Crippen molar-refractivity contribution in [2.24, 2.45) is 7.05 Å². The number of benzene rings is 5. The molecule has 238 valence electrons. The summed E-state index contributed by atoms with van der Waals surface area (Å²) in [6.07, 6.45) is 0.495. The Kier molecular flexibility index (Phi) is 8.26. The van der Waals surface area contributed by atoms with Gasteiger partial charge in [0.15, 0.2) is 0 Å². The van der Waals surface area contributed by atoms with Gasteiger partial charge in [-0.25, -0.2) is 0 Å². The molecule has 0 aliphatic carbocycles. The molecule has 1 unspecified atom stereocenters. The Morgan fingerprint density at radius 3 is 2.19 bits per heavy atom. The highest BCUT2D eigenvalue weighted by Crippen LogP contribution is 2.41. The second kappa shape index (κ2) is 13.0. The fourth-order valence-corrected chi connectivity index (χ4v) is 6.62. The molecule has 0 spiro atoms. The van der Waals surface area contributed by atoms with Crippen LogP contribution >= 0.6 is 0 Å². The monoisotopic (exact) mass is 633 g/mol. The number of ether oxygens (including phenoxy) is 1. The standard InChI is InChI=1S/C41H35N3O4/c1-44-35-15-9-7-13-33(35)39(45)37(41(44)47)36(28-20-22-30(48-2)23-21-28)38-32(31-12-6-8-14-34(31)43-38)24-25-42-40(46)29-18-16-27(17-19-29)26-10-4-3-5-11-26/h3-23,36,43,45H,24-25H2,1-2H3,(H,42,46). The predicted molar refractivity (Wildman–Crippen MR) is 191 cm³/mol. The maximum Gasteiger partial charge on any atom is 0.258 e. The van der Waals surface area contributed by atoms with E-state index in [-0.39, 0.29) is 22.8 Å². The molecule has 0 aliphatic heterocycles. The van der Waals surface area contributed by atoms with Crippen LogP contribution in [0.2, 0.25) is 0 Å². The SMILES string of the molecule is COc1ccc(C(c2[nH]c3ccccc3c2CCNC(=O)c2ccc(-c3ccccc3)cc2)c2c(O)c3ccccc3n(C)c2=O)cc1. The number of aromatic amines is 1. The Balaban J connectivity index is 1.27. The van der Waals surface area contributed by atoms with Gasteiger partial charge in [-0.1, -0.05) is 84.9 Å². The normalized spacial score (nSPS) is 11.9. The molecule has 5 aromatic carbocycles. The Morgan fingerprint density at radius 2 is 1.46 bits per heavy atom. The highest BCUT2D eigenvalue weighted by Gasteiger charge is 2.30. The average molecular weight is 634 g/mol. The van der Waals surface area contributed by atoms with E-state index in [1.54, 1.807) is 18.7 Å². The first kappa shape index (κ1) is 30.6. The van der Waals surface area contributed by atoms with Crippen LogP contribution in [0.15, 0.2) is 132 Å². The highest BCUT2D eigenvalue weighted by molar-refractivity contribution is 5.95. The Hall–Kier alpha value is -6.08. The summed E-state index contributed by atoms with van der Waals surface area (Å²) in [7, 11) is 3.34. The van der Waals surface area contributed by atoms with Gasteiger partial charge in [-0.05, 0) is 71.1 Å². The number of nitrogens with zero attached hydrogens (tertiary/aromatic N) is 1. The van der Waals surface area contributed by atoms with Crippen LogP contribution < -0.4 is 15.6 Å². The van der Waals surface area contributed by atoms with Gasteiger partial charge in [0, 0.05) is 41.1 Å². The van der Waals surface area contributed by atoms with Crippen LogP contribution in [0.4, 0.5) is 0 Å². The van der Waals surface area contributed by atoms with Crippen LogP contribution in [0.25, 0.3) is 32.9 Å². The number of carbonyl (C=O) groups excluding carboxylic acids is 1. The Labute approximate surface area is 278 Å². The van der Waals surface area contributed by atoms with Crippen molar-refractivity contribution >= 4 is 27.7 Å². The Morgan fingerprint density at radius 1 is 0.812 bits per heavy atom. The van der Waals surface area contributed by atoms with Crippen LogP contribution in [0.5, 0.6) is 11.5 Å². The minimum atomic E-state index is -0.636. The molecule has 1 atom stereocenters. The number of aromatic nitrogens is 2. The number of fused-ring (bicyclic) bond motifs is 2. The topological polar surface area (TPSA) is 96.3 Å². The molecule has 2 heterocycles. The first-order chi connectivity index (χ1) is 23.4. The van der Waals surface area contributed by atoms with Crippen molar-refractivity contribution in [3.8, 4) is 22.6 Å². The van der Waals surface area contributed by atoms with Crippen molar-refractivity contribution in [3.05, 3.63) is 166 Å². The molecule has 7 rings (SSSR count). The van der Waals surface area contributed by atoms with Crippen molar-refractivity contribution in [1.29, 1.82) is 0 Å². The molecule has 1 amide bonds. The van der Waals surface area contributed by atoms with Gasteiger partial charge in [0.05, 0.1) is 24.1 Å². The minimum Gasteiger partial charge on any atom is -0.507 e. The molecule has 7 nitrogen and oxygen atoms in total. The lowest BCUT2D eigenvalue weighted by Gasteiger charge is -2.22. The van der Waals surface area contributed by atoms with E-state index in [2.05, 4.69) is 10.3 Å². The van der Waals surface area contributed by atoms with Crippen molar-refractivity contribution in [3.63, 3.8) is 0 Å². The zero-order chi connectivity index (χ0) is 33.2. The Bertz CT molecular complexity index is 2300. The van der Waals surface area contributed by atoms with Crippen LogP contribution in [-0.2, 0) is 13.5 Å². The van der Waals surface area contributed by atoms with Crippen LogP contribution in [0.1, 0.15) is 38.7 Å². The molecular formula is C41H35N3O4. The van der Waals surface area contributed by atoms with Crippen molar-refractivity contribution in [2.75, 3.05) is 13.7 Å². The maximum atomic E-state index is 14.1. The molecule has 0 saturated carbocycles. The van der Waals surface area contributed by atoms with Crippen molar-refractivity contribution in [1.82, 2.24) is 14.9 Å². The van der Waals surface area contributed by atoms with Gasteiger partial charge in [0.25, 0.3) is 11.5 Å². The molecule has 2 aromatic heterocycles. The number of pyridine rings is 1. The molecule has 3 N–H and O–H groups in total. The van der Waals surface area contributed by atoms with Crippen LogP contribution in [0, 0.1) is 0 Å². The highest BCUT2D eigenvalue weighted by atomic mass is 16.5. The number of amides is 1. The number of rotatable bonds is 9. The van der Waals surface area contributed by atoms with E-state index >= 15 is 0 Å². The molecule has 0 saturated heterocycles. The molecular weight excluding hydrogens is 598 g/mol. The number of hydrogen-bond donors (Lipinski definition) is 3. The smallest absolute Gasteiger partial charge is 0.258 e. The second-order valence-corrected chi connectivity index (χ2v) is 11.9. The van der Waals surface area contributed by atoms with Gasteiger partial charge in [0.2, 0.25) is 0 Å². The molecule has 0 radical (unpaired) electrons. The fraction of sp³-hybridized carbons (Fsp3) is 0.122. The van der Waals surface area contributed by atoms with Crippen molar-refractivity contribution in [2.45, 2.75) is 12.3 Å². The molecule has 0 fully saturated rings. The van der Waals surface area contributed by atoms with Gasteiger partial charge in [-0.2, -0.15) is 0 Å². The molecule has 48 heavy (non-hydrogen) atoms. The van der Waals surface area contributed by atoms with Crippen LogP contribution in [0.3, 0.4) is 0 Å². The average Bonchev–Trinajstić information content (AvgIpc) is 3.50. The van der Waals surface area contributed by atoms with E-state index in [0.717, 1.165) is 38.9 Å². The number of nitrogens with one attached hydrogen (secondary N) is 2. The molecule has 7 heteroatoms. The maximum absolute atomic E-state index is 14.1. The van der Waals surface area contributed by atoms with Gasteiger partial charge >= 0.3 is 0 Å². The third-order valence-corrected chi connectivity index (χ3v) is 9.10. The quantitative estimate of drug-likeness (QED) is 0.153. The zero-order valence-electron chi connectivity index (χ0n) is 26.7. The lowest BCUT2D eigenvalue weighted by atomic mass is 9.85. The number of para-hydroxylation sites is 2. The number of H-pyrrole nitrogens is 1. The van der Waals surface area contributed by atoms with E-state index in [0.29, 0.717) is 35.2 Å². The van der Waals surface area contributed by atoms with Gasteiger partial charge in [0.1, 0.15) is 11.5 Å². The van der Waals surface area contributed by atoms with E-state index < -0.39 is 5.92 Å². The number of aryl methyl sites for hydroxylation is 1. The van der Waals surface area contributed by atoms with Gasteiger partial charge in [-0.15, -0.1) is 0 Å². The van der Waals surface area contributed by atoms with Gasteiger partial charge < -0.3 is 24.7 Å². The first-order valence-corrected chi connectivity index (χ1v) is 15.9. The van der Waals surface area contributed by atoms with E-state index in [9.17, 15) is 14.7 Å². The minimum absolute atomic E-state index is 0.0497. The molecule has 0 aliphatic rings. The summed E-state index contributed by atoms with van der Waals surface area (Å²) in [4.78, 5) is 31.0. The third kappa shape index (κ3) is 5.60. The van der Waals surface area contributed by atoms with E-state index in [1.807, 2.05) is 127 Å². The predicted octanol–water partition coefficient (Wildman–Crippen LogP) is 7.55.